The van der Waals surface area contributed by atoms with Crippen molar-refractivity contribution in [3.8, 4) is 5.75 Å². The molecule has 0 bridgehead atoms. The topological polar surface area (TPSA) is 41.7 Å². The van der Waals surface area contributed by atoms with Gasteiger partial charge in [-0.15, -0.1) is 0 Å². The molecule has 1 aliphatic heterocycles. The molecule has 0 unspecified atom stereocenters. The average molecular weight is 275 g/mol. The largest absolute Gasteiger partial charge is 0.488 e. The van der Waals surface area contributed by atoms with Crippen LogP contribution in [-0.2, 0) is 0 Å². The van der Waals surface area contributed by atoms with E-state index in [0.717, 1.165) is 50.5 Å². The summed E-state index contributed by atoms with van der Waals surface area (Å²) in [6, 6.07) is 6.22. The van der Waals surface area contributed by atoms with Crippen LogP contribution >= 0.6 is 0 Å². The van der Waals surface area contributed by atoms with Crippen LogP contribution < -0.4 is 15.4 Å². The van der Waals surface area contributed by atoms with Crippen molar-refractivity contribution in [2.45, 2.75) is 31.8 Å². The first-order valence-electron chi connectivity index (χ1n) is 7.72. The van der Waals surface area contributed by atoms with Gasteiger partial charge in [-0.25, -0.2) is 0 Å². The van der Waals surface area contributed by atoms with Crippen LogP contribution in [0.25, 0.3) is 0 Å². The summed E-state index contributed by atoms with van der Waals surface area (Å²) in [5.41, 5.74) is 8.06. The summed E-state index contributed by atoms with van der Waals surface area (Å²) in [6.45, 7) is 4.37. The lowest BCUT2D eigenvalue weighted by Gasteiger charge is -2.34. The number of ether oxygens (including phenoxy) is 1. The molecule has 1 aromatic carbocycles. The molecule has 2 fully saturated rings. The molecule has 1 aromatic rings. The van der Waals surface area contributed by atoms with Gasteiger partial charge in [0, 0.05) is 37.9 Å². The highest BCUT2D eigenvalue weighted by Crippen LogP contribution is 2.32. The minimum absolute atomic E-state index is 0.361. The molecule has 0 amide bonds. The highest BCUT2D eigenvalue weighted by atomic mass is 16.5. The second-order valence-corrected chi connectivity index (χ2v) is 6.04. The molecule has 0 spiro atoms. The minimum Gasteiger partial charge on any atom is -0.488 e. The number of anilines is 2. The number of hydrogen-bond acceptors (Lipinski definition) is 4. The molecule has 110 valence electrons. The zero-order valence-corrected chi connectivity index (χ0v) is 12.3. The highest BCUT2D eigenvalue weighted by Gasteiger charge is 2.19. The van der Waals surface area contributed by atoms with Crippen LogP contribution in [0.1, 0.15) is 25.7 Å². The fraction of sp³-hybridized carbons (Fsp3) is 0.625. The van der Waals surface area contributed by atoms with Gasteiger partial charge in [-0.3, -0.25) is 0 Å². The third-order valence-corrected chi connectivity index (χ3v) is 4.46. The van der Waals surface area contributed by atoms with Crippen LogP contribution in [0.3, 0.4) is 0 Å². The summed E-state index contributed by atoms with van der Waals surface area (Å²) in [4.78, 5) is 4.78. The Labute approximate surface area is 121 Å². The van der Waals surface area contributed by atoms with Gasteiger partial charge in [-0.05, 0) is 44.9 Å². The van der Waals surface area contributed by atoms with Gasteiger partial charge in [0.1, 0.15) is 5.75 Å². The number of nitrogens with zero attached hydrogens (tertiary/aromatic N) is 2. The molecule has 0 radical (unpaired) electrons. The molecule has 2 N–H and O–H groups in total. The van der Waals surface area contributed by atoms with Crippen LogP contribution in [0.5, 0.6) is 5.75 Å². The Morgan fingerprint density at radius 3 is 2.50 bits per heavy atom. The second kappa shape index (κ2) is 5.92. The third kappa shape index (κ3) is 3.01. The summed E-state index contributed by atoms with van der Waals surface area (Å²) < 4.78 is 6.10. The first-order valence-corrected chi connectivity index (χ1v) is 7.72. The molecule has 1 saturated heterocycles. The number of piperazine rings is 1. The SMILES string of the molecule is CN1CCN(c2ccc(N)c(OC3CCCC3)c2)CC1. The molecular weight excluding hydrogens is 250 g/mol. The number of benzene rings is 1. The van der Waals surface area contributed by atoms with E-state index in [1.165, 1.54) is 18.5 Å². The fourth-order valence-electron chi connectivity index (χ4n) is 3.07. The van der Waals surface area contributed by atoms with Gasteiger partial charge in [0.25, 0.3) is 0 Å². The Morgan fingerprint density at radius 2 is 1.80 bits per heavy atom. The summed E-state index contributed by atoms with van der Waals surface area (Å²) in [7, 11) is 2.18. The van der Waals surface area contributed by atoms with Gasteiger partial charge in [0.15, 0.2) is 0 Å². The Bertz CT molecular complexity index is 449. The minimum atomic E-state index is 0.361. The van der Waals surface area contributed by atoms with Crippen LogP contribution in [-0.4, -0.2) is 44.2 Å². The number of nitrogens with two attached hydrogens (primary N) is 1. The summed E-state index contributed by atoms with van der Waals surface area (Å²) in [5, 5.41) is 0. The molecule has 4 heteroatoms. The molecular formula is C16H25N3O. The lowest BCUT2D eigenvalue weighted by Crippen LogP contribution is -2.44. The van der Waals surface area contributed by atoms with E-state index in [0.29, 0.717) is 6.10 Å². The highest BCUT2D eigenvalue weighted by molar-refractivity contribution is 5.62. The number of nitrogen functional groups attached to an aromatic ring is 1. The molecule has 4 nitrogen and oxygen atoms in total. The van der Waals surface area contributed by atoms with E-state index in [2.05, 4.69) is 29.0 Å². The number of likely N-dealkylation sites (N-methyl/N-ethyl adjacent to an activating group) is 1. The quantitative estimate of drug-likeness (QED) is 0.860. The van der Waals surface area contributed by atoms with Crippen molar-refractivity contribution in [2.75, 3.05) is 43.9 Å². The van der Waals surface area contributed by atoms with Crippen molar-refractivity contribution in [3.63, 3.8) is 0 Å². The predicted molar refractivity (Wildman–Crippen MR) is 83.4 cm³/mol. The first-order chi connectivity index (χ1) is 9.72. The van der Waals surface area contributed by atoms with Crippen molar-refractivity contribution in [1.29, 1.82) is 0 Å². The normalized spacial score (nSPS) is 21.4. The molecule has 20 heavy (non-hydrogen) atoms. The zero-order valence-electron chi connectivity index (χ0n) is 12.3. The van der Waals surface area contributed by atoms with Crippen molar-refractivity contribution in [1.82, 2.24) is 4.90 Å². The maximum Gasteiger partial charge on any atom is 0.144 e. The molecule has 1 saturated carbocycles. The molecule has 2 aliphatic rings. The van der Waals surface area contributed by atoms with Gasteiger partial charge in [0.05, 0.1) is 11.8 Å². The van der Waals surface area contributed by atoms with E-state index in [1.807, 2.05) is 6.07 Å². The lowest BCUT2D eigenvalue weighted by atomic mass is 10.2. The summed E-state index contributed by atoms with van der Waals surface area (Å²) in [6.07, 6.45) is 5.25. The molecule has 0 atom stereocenters. The average Bonchev–Trinajstić information content (AvgIpc) is 2.95. The van der Waals surface area contributed by atoms with E-state index in [-0.39, 0.29) is 0 Å². The van der Waals surface area contributed by atoms with Gasteiger partial charge in [-0.2, -0.15) is 0 Å². The van der Waals surface area contributed by atoms with Gasteiger partial charge < -0.3 is 20.3 Å². The Hall–Kier alpha value is -1.42. The standard InChI is InChI=1S/C16H25N3O/c1-18-8-10-19(11-9-18)13-6-7-15(17)16(12-13)20-14-4-2-3-5-14/h6-7,12,14H,2-5,8-11,17H2,1H3. The van der Waals surface area contributed by atoms with Crippen molar-refractivity contribution < 1.29 is 4.74 Å². The van der Waals surface area contributed by atoms with E-state index in [1.54, 1.807) is 0 Å². The summed E-state index contributed by atoms with van der Waals surface area (Å²) in [5.74, 6) is 0.869. The molecule has 1 aliphatic carbocycles. The number of hydrogen-bond donors (Lipinski definition) is 1. The second-order valence-electron chi connectivity index (χ2n) is 6.04. The monoisotopic (exact) mass is 275 g/mol. The van der Waals surface area contributed by atoms with Crippen LogP contribution in [0, 0.1) is 0 Å². The predicted octanol–water partition coefficient (Wildman–Crippen LogP) is 2.34. The van der Waals surface area contributed by atoms with Crippen LogP contribution in [0.4, 0.5) is 11.4 Å². The Kier molecular flexibility index (Phi) is 4.01. The van der Waals surface area contributed by atoms with Crippen LogP contribution in [0.2, 0.25) is 0 Å². The van der Waals surface area contributed by atoms with Crippen molar-refractivity contribution in [2.24, 2.45) is 0 Å². The molecule has 0 aromatic heterocycles. The van der Waals surface area contributed by atoms with E-state index < -0.39 is 0 Å². The fourth-order valence-corrected chi connectivity index (χ4v) is 3.07. The smallest absolute Gasteiger partial charge is 0.144 e. The molecule has 1 heterocycles. The molecule has 3 rings (SSSR count). The van der Waals surface area contributed by atoms with Crippen molar-refractivity contribution in [3.05, 3.63) is 18.2 Å². The van der Waals surface area contributed by atoms with E-state index >= 15 is 0 Å². The first kappa shape index (κ1) is 13.6. The lowest BCUT2D eigenvalue weighted by molar-refractivity contribution is 0.211. The zero-order chi connectivity index (χ0) is 13.9. The van der Waals surface area contributed by atoms with Gasteiger partial charge >= 0.3 is 0 Å². The number of rotatable bonds is 3. The maximum atomic E-state index is 6.10. The third-order valence-electron chi connectivity index (χ3n) is 4.46. The van der Waals surface area contributed by atoms with E-state index in [9.17, 15) is 0 Å². The van der Waals surface area contributed by atoms with E-state index in [4.69, 9.17) is 10.5 Å². The summed E-state index contributed by atoms with van der Waals surface area (Å²) >= 11 is 0. The Balaban J connectivity index is 1.72. The maximum absolute atomic E-state index is 6.10. The van der Waals surface area contributed by atoms with Crippen molar-refractivity contribution >= 4 is 11.4 Å². The van der Waals surface area contributed by atoms with Gasteiger partial charge in [-0.1, -0.05) is 0 Å². The Morgan fingerprint density at radius 1 is 1.10 bits per heavy atom. The van der Waals surface area contributed by atoms with Crippen LogP contribution in [0.15, 0.2) is 18.2 Å². The van der Waals surface area contributed by atoms with Gasteiger partial charge in [0.2, 0.25) is 0 Å².